The molecular weight excluding hydrogens is 216 g/mol. The SMILES string of the molecule is CC(CCN)N1CC(c2ccc[nH]2)N(C)C1=O. The fourth-order valence-electron chi connectivity index (χ4n) is 2.35. The van der Waals surface area contributed by atoms with E-state index in [0.717, 1.165) is 18.7 Å². The average Bonchev–Trinajstić information content (AvgIpc) is 2.90. The molecule has 2 rings (SSSR count). The zero-order valence-electron chi connectivity index (χ0n) is 10.4. The summed E-state index contributed by atoms with van der Waals surface area (Å²) in [6.45, 7) is 3.40. The highest BCUT2D eigenvalue weighted by Gasteiger charge is 2.37. The number of nitrogens with zero attached hydrogens (tertiary/aromatic N) is 2. The zero-order valence-corrected chi connectivity index (χ0v) is 10.4. The van der Waals surface area contributed by atoms with Gasteiger partial charge in [0.15, 0.2) is 0 Å². The predicted molar refractivity (Wildman–Crippen MR) is 66.5 cm³/mol. The van der Waals surface area contributed by atoms with Gasteiger partial charge in [-0.05, 0) is 32.0 Å². The Morgan fingerprint density at radius 1 is 1.65 bits per heavy atom. The van der Waals surface area contributed by atoms with Crippen LogP contribution in [0.2, 0.25) is 0 Å². The number of hydrogen-bond acceptors (Lipinski definition) is 2. The van der Waals surface area contributed by atoms with Gasteiger partial charge in [0.1, 0.15) is 0 Å². The number of amides is 2. The van der Waals surface area contributed by atoms with Crippen LogP contribution in [-0.4, -0.2) is 47.0 Å². The van der Waals surface area contributed by atoms with Crippen LogP contribution >= 0.6 is 0 Å². The maximum Gasteiger partial charge on any atom is 0.320 e. The summed E-state index contributed by atoms with van der Waals surface area (Å²) in [6, 6.07) is 4.39. The Morgan fingerprint density at radius 2 is 2.41 bits per heavy atom. The fraction of sp³-hybridized carbons (Fsp3) is 0.583. The Kier molecular flexibility index (Phi) is 3.38. The highest BCUT2D eigenvalue weighted by Crippen LogP contribution is 2.28. The first kappa shape index (κ1) is 12.0. The van der Waals surface area contributed by atoms with E-state index in [2.05, 4.69) is 11.9 Å². The lowest BCUT2D eigenvalue weighted by atomic mass is 10.2. The number of hydrogen-bond donors (Lipinski definition) is 2. The van der Waals surface area contributed by atoms with Gasteiger partial charge in [-0.15, -0.1) is 0 Å². The number of likely N-dealkylation sites (N-methyl/N-ethyl adjacent to an activating group) is 1. The number of carbonyl (C=O) groups excluding carboxylic acids is 1. The number of aromatic nitrogens is 1. The molecule has 5 heteroatoms. The van der Waals surface area contributed by atoms with E-state index in [1.54, 1.807) is 4.90 Å². The van der Waals surface area contributed by atoms with Gasteiger partial charge < -0.3 is 20.5 Å². The molecule has 94 valence electrons. The van der Waals surface area contributed by atoms with Gasteiger partial charge in [-0.3, -0.25) is 0 Å². The Hall–Kier alpha value is -1.49. The summed E-state index contributed by atoms with van der Waals surface area (Å²) >= 11 is 0. The predicted octanol–water partition coefficient (Wildman–Crippen LogP) is 1.16. The van der Waals surface area contributed by atoms with Crippen molar-refractivity contribution < 1.29 is 4.79 Å². The molecule has 1 aliphatic rings. The smallest absolute Gasteiger partial charge is 0.320 e. The summed E-state index contributed by atoms with van der Waals surface area (Å²) in [5, 5.41) is 0. The van der Waals surface area contributed by atoms with Crippen LogP contribution in [0.3, 0.4) is 0 Å². The van der Waals surface area contributed by atoms with Crippen molar-refractivity contribution in [3.8, 4) is 0 Å². The molecule has 0 saturated carbocycles. The molecule has 1 aromatic heterocycles. The van der Waals surface area contributed by atoms with Crippen molar-refractivity contribution in [1.29, 1.82) is 0 Å². The van der Waals surface area contributed by atoms with Gasteiger partial charge in [-0.2, -0.15) is 0 Å². The molecule has 0 spiro atoms. The van der Waals surface area contributed by atoms with E-state index in [0.29, 0.717) is 6.54 Å². The Morgan fingerprint density at radius 3 is 3.00 bits per heavy atom. The van der Waals surface area contributed by atoms with E-state index in [1.807, 2.05) is 30.3 Å². The van der Waals surface area contributed by atoms with E-state index in [9.17, 15) is 4.79 Å². The van der Waals surface area contributed by atoms with Gasteiger partial charge in [0.05, 0.1) is 6.04 Å². The van der Waals surface area contributed by atoms with E-state index >= 15 is 0 Å². The number of carbonyl (C=O) groups is 1. The van der Waals surface area contributed by atoms with E-state index < -0.39 is 0 Å². The van der Waals surface area contributed by atoms with Crippen LogP contribution in [0.5, 0.6) is 0 Å². The second-order valence-corrected chi connectivity index (χ2v) is 4.61. The maximum atomic E-state index is 12.1. The first-order valence-corrected chi connectivity index (χ1v) is 6.02. The number of aromatic amines is 1. The normalized spacial score (nSPS) is 22.3. The molecule has 3 N–H and O–H groups in total. The third-order valence-electron chi connectivity index (χ3n) is 3.48. The second-order valence-electron chi connectivity index (χ2n) is 4.61. The van der Waals surface area contributed by atoms with Crippen LogP contribution in [0, 0.1) is 0 Å². The Balaban J connectivity index is 2.12. The molecule has 1 aliphatic heterocycles. The van der Waals surface area contributed by atoms with Crippen molar-refractivity contribution in [3.05, 3.63) is 24.0 Å². The molecule has 1 fully saturated rings. The number of nitrogens with two attached hydrogens (primary N) is 1. The minimum absolute atomic E-state index is 0.0885. The van der Waals surface area contributed by atoms with Crippen molar-refractivity contribution in [2.45, 2.75) is 25.4 Å². The third kappa shape index (κ3) is 2.15. The van der Waals surface area contributed by atoms with Crippen LogP contribution in [0.1, 0.15) is 25.1 Å². The molecule has 2 heterocycles. The van der Waals surface area contributed by atoms with Gasteiger partial charge in [-0.25, -0.2) is 4.79 Å². The molecule has 0 aromatic carbocycles. The van der Waals surface area contributed by atoms with Crippen LogP contribution in [-0.2, 0) is 0 Å². The molecule has 0 radical (unpaired) electrons. The lowest BCUT2D eigenvalue weighted by Crippen LogP contribution is -2.37. The molecule has 1 aromatic rings. The summed E-state index contributed by atoms with van der Waals surface area (Å²) in [5.74, 6) is 0. The summed E-state index contributed by atoms with van der Waals surface area (Å²) in [7, 11) is 1.85. The van der Waals surface area contributed by atoms with Crippen molar-refractivity contribution >= 4 is 6.03 Å². The van der Waals surface area contributed by atoms with E-state index in [1.165, 1.54) is 0 Å². The van der Waals surface area contributed by atoms with E-state index in [4.69, 9.17) is 5.73 Å². The minimum atomic E-state index is 0.0885. The summed E-state index contributed by atoms with van der Waals surface area (Å²) in [6.07, 6.45) is 2.73. The topological polar surface area (TPSA) is 65.4 Å². The highest BCUT2D eigenvalue weighted by molar-refractivity contribution is 5.77. The van der Waals surface area contributed by atoms with Crippen LogP contribution < -0.4 is 5.73 Å². The van der Waals surface area contributed by atoms with Crippen molar-refractivity contribution in [2.75, 3.05) is 20.1 Å². The summed E-state index contributed by atoms with van der Waals surface area (Å²) in [5.41, 5.74) is 6.64. The monoisotopic (exact) mass is 236 g/mol. The second kappa shape index (κ2) is 4.79. The Bertz CT molecular complexity index is 376. The van der Waals surface area contributed by atoms with Crippen molar-refractivity contribution in [1.82, 2.24) is 14.8 Å². The largest absolute Gasteiger partial charge is 0.363 e. The lowest BCUT2D eigenvalue weighted by Gasteiger charge is -2.23. The first-order valence-electron chi connectivity index (χ1n) is 6.02. The lowest BCUT2D eigenvalue weighted by molar-refractivity contribution is 0.182. The van der Waals surface area contributed by atoms with Crippen molar-refractivity contribution in [3.63, 3.8) is 0 Å². The molecule has 2 unspecified atom stereocenters. The van der Waals surface area contributed by atoms with Crippen molar-refractivity contribution in [2.24, 2.45) is 5.73 Å². The quantitative estimate of drug-likeness (QED) is 0.824. The molecule has 0 aliphatic carbocycles. The minimum Gasteiger partial charge on any atom is -0.363 e. The average molecular weight is 236 g/mol. The zero-order chi connectivity index (χ0) is 12.4. The van der Waals surface area contributed by atoms with Gasteiger partial charge in [-0.1, -0.05) is 0 Å². The molecular formula is C12H20N4O. The molecule has 2 amide bonds. The molecule has 2 atom stereocenters. The number of H-pyrrole nitrogens is 1. The molecule has 17 heavy (non-hydrogen) atoms. The molecule has 0 bridgehead atoms. The van der Waals surface area contributed by atoms with Crippen LogP contribution in [0.4, 0.5) is 4.79 Å². The number of urea groups is 1. The maximum absolute atomic E-state index is 12.1. The standard InChI is InChI=1S/C12H20N4O/c1-9(5-6-13)16-8-11(15(2)12(16)17)10-4-3-7-14-10/h3-4,7,9,11,14H,5-6,8,13H2,1-2H3. The van der Waals surface area contributed by atoms with Crippen LogP contribution in [0.25, 0.3) is 0 Å². The number of nitrogens with one attached hydrogen (secondary N) is 1. The molecule has 1 saturated heterocycles. The van der Waals surface area contributed by atoms with Gasteiger partial charge in [0.25, 0.3) is 0 Å². The third-order valence-corrected chi connectivity index (χ3v) is 3.48. The van der Waals surface area contributed by atoms with E-state index in [-0.39, 0.29) is 18.1 Å². The highest BCUT2D eigenvalue weighted by atomic mass is 16.2. The van der Waals surface area contributed by atoms with Gasteiger partial charge >= 0.3 is 6.03 Å². The van der Waals surface area contributed by atoms with Crippen LogP contribution in [0.15, 0.2) is 18.3 Å². The van der Waals surface area contributed by atoms with Gasteiger partial charge in [0, 0.05) is 31.5 Å². The Labute approximate surface area is 102 Å². The summed E-state index contributed by atoms with van der Waals surface area (Å²) < 4.78 is 0. The van der Waals surface area contributed by atoms with Gasteiger partial charge in [0.2, 0.25) is 0 Å². The summed E-state index contributed by atoms with van der Waals surface area (Å²) in [4.78, 5) is 19.0. The first-order chi connectivity index (χ1) is 8.15. The number of rotatable bonds is 4. The fourth-order valence-corrected chi connectivity index (χ4v) is 2.35. The molecule has 5 nitrogen and oxygen atoms in total.